The first-order valence-corrected chi connectivity index (χ1v) is 7.22. The third kappa shape index (κ3) is 6.18. The summed E-state index contributed by atoms with van der Waals surface area (Å²) in [5.41, 5.74) is 0.768. The van der Waals surface area contributed by atoms with Gasteiger partial charge in [-0.25, -0.2) is 0 Å². The number of anilines is 1. The zero-order valence-electron chi connectivity index (χ0n) is 11.3. The second-order valence-electron chi connectivity index (χ2n) is 4.80. The van der Waals surface area contributed by atoms with Crippen LogP contribution in [0.5, 0.6) is 0 Å². The quantitative estimate of drug-likeness (QED) is 0.720. The van der Waals surface area contributed by atoms with E-state index in [0.717, 1.165) is 10.2 Å². The molecule has 1 atom stereocenters. The fraction of sp³-hybridized carbons (Fsp3) is 0.500. The van der Waals surface area contributed by atoms with Crippen LogP contribution in [0.25, 0.3) is 0 Å². The highest BCUT2D eigenvalue weighted by Crippen LogP contribution is 2.15. The van der Waals surface area contributed by atoms with E-state index in [2.05, 4.69) is 40.4 Å². The third-order valence-electron chi connectivity index (χ3n) is 2.88. The van der Waals surface area contributed by atoms with Crippen molar-refractivity contribution in [3.8, 4) is 0 Å². The highest BCUT2D eigenvalue weighted by atomic mass is 79.9. The summed E-state index contributed by atoms with van der Waals surface area (Å²) in [5, 5.41) is 15.0. The first-order chi connectivity index (χ1) is 9.02. The Bertz CT molecular complexity index is 410. The molecule has 1 unspecified atom stereocenters. The number of halogens is 1. The Hall–Kier alpha value is -0.910. The van der Waals surface area contributed by atoms with Crippen LogP contribution in [0.15, 0.2) is 28.7 Å². The SMILES string of the molecule is CC(C)C(CCO)NCC(=O)Nc1cccc(Br)c1. The van der Waals surface area contributed by atoms with Gasteiger partial charge < -0.3 is 15.7 Å². The summed E-state index contributed by atoms with van der Waals surface area (Å²) in [7, 11) is 0. The predicted octanol–water partition coefficient (Wildman–Crippen LogP) is 2.38. The molecule has 1 rings (SSSR count). The van der Waals surface area contributed by atoms with Crippen LogP contribution >= 0.6 is 15.9 Å². The highest BCUT2D eigenvalue weighted by Gasteiger charge is 2.13. The summed E-state index contributed by atoms with van der Waals surface area (Å²) in [6, 6.07) is 7.62. The van der Waals surface area contributed by atoms with Gasteiger partial charge in [-0.15, -0.1) is 0 Å². The number of aliphatic hydroxyl groups is 1. The Kier molecular flexibility index (Phi) is 7.05. The average Bonchev–Trinajstić information content (AvgIpc) is 2.34. The van der Waals surface area contributed by atoms with Gasteiger partial charge >= 0.3 is 0 Å². The molecule has 19 heavy (non-hydrogen) atoms. The zero-order valence-corrected chi connectivity index (χ0v) is 12.9. The minimum Gasteiger partial charge on any atom is -0.396 e. The topological polar surface area (TPSA) is 61.4 Å². The average molecular weight is 329 g/mol. The second kappa shape index (κ2) is 8.30. The summed E-state index contributed by atoms with van der Waals surface area (Å²) < 4.78 is 0.929. The monoisotopic (exact) mass is 328 g/mol. The lowest BCUT2D eigenvalue weighted by molar-refractivity contribution is -0.115. The van der Waals surface area contributed by atoms with Crippen molar-refractivity contribution in [2.75, 3.05) is 18.5 Å². The zero-order chi connectivity index (χ0) is 14.3. The normalized spacial score (nSPS) is 12.5. The molecule has 0 aromatic heterocycles. The van der Waals surface area contributed by atoms with E-state index in [1.165, 1.54) is 0 Å². The summed E-state index contributed by atoms with van der Waals surface area (Å²) in [5.74, 6) is 0.299. The standard InChI is InChI=1S/C14H21BrN2O2/c1-10(2)13(6-7-18)16-9-14(19)17-12-5-3-4-11(15)8-12/h3-5,8,10,13,16,18H,6-7,9H2,1-2H3,(H,17,19). The molecule has 3 N–H and O–H groups in total. The van der Waals surface area contributed by atoms with Crippen LogP contribution in [0.1, 0.15) is 20.3 Å². The molecule has 4 nitrogen and oxygen atoms in total. The fourth-order valence-electron chi connectivity index (χ4n) is 1.81. The molecule has 0 saturated carbocycles. The smallest absolute Gasteiger partial charge is 0.238 e. The maximum absolute atomic E-state index is 11.8. The Balaban J connectivity index is 2.42. The Morgan fingerprint density at radius 3 is 2.74 bits per heavy atom. The Morgan fingerprint density at radius 2 is 2.16 bits per heavy atom. The molecule has 0 aliphatic carbocycles. The Labute approximate surface area is 122 Å². The molecular formula is C14H21BrN2O2. The summed E-state index contributed by atoms with van der Waals surface area (Å²) in [6.45, 7) is 4.51. The highest BCUT2D eigenvalue weighted by molar-refractivity contribution is 9.10. The molecule has 0 spiro atoms. The molecular weight excluding hydrogens is 308 g/mol. The van der Waals surface area contributed by atoms with Gasteiger partial charge in [-0.1, -0.05) is 35.8 Å². The van der Waals surface area contributed by atoms with E-state index < -0.39 is 0 Å². The van der Waals surface area contributed by atoms with Crippen LogP contribution in [0, 0.1) is 5.92 Å². The number of amides is 1. The van der Waals surface area contributed by atoms with Crippen molar-refractivity contribution in [1.82, 2.24) is 5.32 Å². The molecule has 5 heteroatoms. The van der Waals surface area contributed by atoms with E-state index in [1.54, 1.807) is 0 Å². The van der Waals surface area contributed by atoms with Crippen molar-refractivity contribution in [2.24, 2.45) is 5.92 Å². The van der Waals surface area contributed by atoms with E-state index in [4.69, 9.17) is 5.11 Å². The molecule has 0 saturated heterocycles. The van der Waals surface area contributed by atoms with Crippen LogP contribution in [-0.2, 0) is 4.79 Å². The van der Waals surface area contributed by atoms with Gasteiger partial charge in [-0.2, -0.15) is 0 Å². The van der Waals surface area contributed by atoms with Gasteiger partial charge in [0.1, 0.15) is 0 Å². The van der Waals surface area contributed by atoms with Crippen LogP contribution in [-0.4, -0.2) is 30.2 Å². The largest absolute Gasteiger partial charge is 0.396 e. The third-order valence-corrected chi connectivity index (χ3v) is 3.37. The van der Waals surface area contributed by atoms with Crippen LogP contribution in [0.4, 0.5) is 5.69 Å². The van der Waals surface area contributed by atoms with Crippen molar-refractivity contribution < 1.29 is 9.90 Å². The maximum atomic E-state index is 11.8. The molecule has 0 radical (unpaired) electrons. The molecule has 1 amide bonds. The van der Waals surface area contributed by atoms with Crippen LogP contribution < -0.4 is 10.6 Å². The van der Waals surface area contributed by atoms with Crippen molar-refractivity contribution in [2.45, 2.75) is 26.3 Å². The molecule has 0 aliphatic heterocycles. The van der Waals surface area contributed by atoms with Gasteiger partial charge in [0.2, 0.25) is 5.91 Å². The molecule has 0 fully saturated rings. The number of nitrogens with one attached hydrogen (secondary N) is 2. The van der Waals surface area contributed by atoms with Crippen molar-refractivity contribution >= 4 is 27.5 Å². The number of hydrogen-bond acceptors (Lipinski definition) is 3. The van der Waals surface area contributed by atoms with Gasteiger partial charge in [-0.3, -0.25) is 4.79 Å². The van der Waals surface area contributed by atoms with Crippen LogP contribution in [0.3, 0.4) is 0 Å². The van der Waals surface area contributed by atoms with E-state index in [1.807, 2.05) is 24.3 Å². The lowest BCUT2D eigenvalue weighted by Crippen LogP contribution is -2.39. The van der Waals surface area contributed by atoms with Crippen molar-refractivity contribution in [3.05, 3.63) is 28.7 Å². The molecule has 106 valence electrons. The van der Waals surface area contributed by atoms with Gasteiger partial charge in [0, 0.05) is 22.8 Å². The van der Waals surface area contributed by atoms with Crippen LogP contribution in [0.2, 0.25) is 0 Å². The first-order valence-electron chi connectivity index (χ1n) is 6.42. The number of aliphatic hydroxyl groups excluding tert-OH is 1. The number of hydrogen-bond donors (Lipinski definition) is 3. The van der Waals surface area contributed by atoms with Gasteiger partial charge in [0.05, 0.1) is 6.54 Å². The molecule has 1 aromatic carbocycles. The number of benzene rings is 1. The molecule has 0 heterocycles. The fourth-order valence-corrected chi connectivity index (χ4v) is 2.20. The minimum absolute atomic E-state index is 0.0818. The van der Waals surface area contributed by atoms with Gasteiger partial charge in [0.25, 0.3) is 0 Å². The lowest BCUT2D eigenvalue weighted by atomic mass is 10.0. The van der Waals surface area contributed by atoms with Gasteiger partial charge in [-0.05, 0) is 30.5 Å². The van der Waals surface area contributed by atoms with Gasteiger partial charge in [0.15, 0.2) is 0 Å². The summed E-state index contributed by atoms with van der Waals surface area (Å²) >= 11 is 3.36. The lowest BCUT2D eigenvalue weighted by Gasteiger charge is -2.21. The predicted molar refractivity (Wildman–Crippen MR) is 81.1 cm³/mol. The second-order valence-corrected chi connectivity index (χ2v) is 5.72. The first kappa shape index (κ1) is 16.1. The van der Waals surface area contributed by atoms with E-state index >= 15 is 0 Å². The van der Waals surface area contributed by atoms with E-state index in [-0.39, 0.29) is 25.1 Å². The Morgan fingerprint density at radius 1 is 1.42 bits per heavy atom. The minimum atomic E-state index is -0.0818. The van der Waals surface area contributed by atoms with E-state index in [0.29, 0.717) is 12.3 Å². The number of rotatable bonds is 7. The summed E-state index contributed by atoms with van der Waals surface area (Å²) in [4.78, 5) is 11.8. The van der Waals surface area contributed by atoms with Crippen molar-refractivity contribution in [1.29, 1.82) is 0 Å². The molecule has 0 bridgehead atoms. The molecule has 1 aromatic rings. The molecule has 0 aliphatic rings. The van der Waals surface area contributed by atoms with Crippen molar-refractivity contribution in [3.63, 3.8) is 0 Å². The number of carbonyl (C=O) groups excluding carboxylic acids is 1. The maximum Gasteiger partial charge on any atom is 0.238 e. The summed E-state index contributed by atoms with van der Waals surface area (Å²) in [6.07, 6.45) is 0.655. The number of carbonyl (C=O) groups is 1. The van der Waals surface area contributed by atoms with E-state index in [9.17, 15) is 4.79 Å².